The Kier molecular flexibility index (Phi) is 8.10. The van der Waals surface area contributed by atoms with Gasteiger partial charge in [0.05, 0.1) is 17.3 Å². The summed E-state index contributed by atoms with van der Waals surface area (Å²) in [5.74, 6) is 0.342. The van der Waals surface area contributed by atoms with Crippen LogP contribution in [0.1, 0.15) is 17.3 Å². The summed E-state index contributed by atoms with van der Waals surface area (Å²) in [6, 6.07) is 12.7. The minimum absolute atomic E-state index is 0.189. The van der Waals surface area contributed by atoms with Gasteiger partial charge < -0.3 is 15.0 Å². The molecule has 1 aliphatic rings. The van der Waals surface area contributed by atoms with E-state index >= 15 is 0 Å². The maximum atomic E-state index is 12.5. The van der Waals surface area contributed by atoms with E-state index in [4.69, 9.17) is 17.0 Å². The van der Waals surface area contributed by atoms with Crippen LogP contribution in [0.15, 0.2) is 46.9 Å². The zero-order valence-corrected chi connectivity index (χ0v) is 21.0. The third-order valence-corrected chi connectivity index (χ3v) is 7.05. The van der Waals surface area contributed by atoms with Crippen LogP contribution in [0.5, 0.6) is 5.75 Å². The molecule has 0 atom stereocenters. The average Bonchev–Trinajstić information content (AvgIpc) is 2.75. The second-order valence-corrected chi connectivity index (χ2v) is 10.4. The largest absolute Gasteiger partial charge is 0.493 e. The van der Waals surface area contributed by atoms with Crippen LogP contribution in [0.3, 0.4) is 0 Å². The molecule has 0 unspecified atom stereocenters. The van der Waals surface area contributed by atoms with E-state index in [-0.39, 0.29) is 11.0 Å². The second-order valence-electron chi connectivity index (χ2n) is 7.18. The van der Waals surface area contributed by atoms with Crippen LogP contribution in [0, 0.1) is 0 Å². The van der Waals surface area contributed by atoms with E-state index in [2.05, 4.69) is 31.5 Å². The number of halogens is 1. The lowest BCUT2D eigenvalue weighted by Crippen LogP contribution is -2.48. The monoisotopic (exact) mass is 540 g/mol. The Balaban J connectivity index is 1.54. The zero-order valence-electron chi connectivity index (χ0n) is 17.8. The van der Waals surface area contributed by atoms with Gasteiger partial charge in [0.1, 0.15) is 5.75 Å². The molecule has 32 heavy (non-hydrogen) atoms. The number of carbonyl (C=O) groups excluding carboxylic acids is 1. The summed E-state index contributed by atoms with van der Waals surface area (Å²) in [6.45, 7) is 4.63. The first-order chi connectivity index (χ1) is 15.2. The smallest absolute Gasteiger partial charge is 0.257 e. The van der Waals surface area contributed by atoms with Gasteiger partial charge in [-0.3, -0.25) is 10.1 Å². The van der Waals surface area contributed by atoms with Crippen molar-refractivity contribution >= 4 is 60.6 Å². The number of hydrogen-bond acceptors (Lipinski definition) is 6. The molecule has 1 saturated heterocycles. The van der Waals surface area contributed by atoms with Gasteiger partial charge in [-0.15, -0.1) is 0 Å². The molecule has 172 valence electrons. The number of hydrogen-bond donors (Lipinski definition) is 2. The lowest BCUT2D eigenvalue weighted by Gasteiger charge is -2.34. The van der Waals surface area contributed by atoms with E-state index < -0.39 is 10.0 Å². The van der Waals surface area contributed by atoms with Gasteiger partial charge in [-0.2, -0.15) is 4.31 Å². The summed E-state index contributed by atoms with van der Waals surface area (Å²) >= 11 is 8.66. The van der Waals surface area contributed by atoms with Crippen LogP contribution in [0.4, 0.5) is 11.4 Å². The Morgan fingerprint density at radius 2 is 1.78 bits per heavy atom. The Hall–Kier alpha value is -2.21. The molecule has 1 aliphatic heterocycles. The molecule has 0 bridgehead atoms. The van der Waals surface area contributed by atoms with Gasteiger partial charge in [0.15, 0.2) is 5.11 Å². The Bertz CT molecular complexity index is 1090. The van der Waals surface area contributed by atoms with Crippen LogP contribution >= 0.6 is 28.1 Å². The molecule has 1 fully saturated rings. The number of anilines is 2. The molecule has 2 aromatic rings. The van der Waals surface area contributed by atoms with Crippen LogP contribution in [-0.2, 0) is 10.0 Å². The van der Waals surface area contributed by atoms with E-state index in [1.807, 2.05) is 31.2 Å². The Morgan fingerprint density at radius 3 is 2.34 bits per heavy atom. The van der Waals surface area contributed by atoms with Crippen LogP contribution in [0.2, 0.25) is 0 Å². The molecule has 0 aromatic heterocycles. The highest BCUT2D eigenvalue weighted by Gasteiger charge is 2.23. The fraction of sp³-hybridized carbons (Fsp3) is 0.333. The molecule has 8 nitrogen and oxygen atoms in total. The predicted octanol–water partition coefficient (Wildman–Crippen LogP) is 3.06. The first-order valence-electron chi connectivity index (χ1n) is 10.0. The van der Waals surface area contributed by atoms with Crippen molar-refractivity contribution in [2.45, 2.75) is 6.92 Å². The third kappa shape index (κ3) is 6.41. The average molecular weight is 541 g/mol. The summed E-state index contributed by atoms with van der Waals surface area (Å²) < 4.78 is 30.9. The predicted molar refractivity (Wildman–Crippen MR) is 134 cm³/mol. The highest BCUT2D eigenvalue weighted by molar-refractivity contribution is 9.10. The molecule has 0 radical (unpaired) electrons. The topological polar surface area (TPSA) is 91.0 Å². The SMILES string of the molecule is CCOc1ccc(C(=O)NC(=S)Nc2ccc(N3CCN(S(C)(=O)=O)CC3)cc2)cc1Br. The van der Waals surface area contributed by atoms with Crippen molar-refractivity contribution in [1.29, 1.82) is 0 Å². The second kappa shape index (κ2) is 10.6. The number of ether oxygens (including phenoxy) is 1. The number of amides is 1. The number of sulfonamides is 1. The Morgan fingerprint density at radius 1 is 1.12 bits per heavy atom. The molecule has 0 spiro atoms. The van der Waals surface area contributed by atoms with Crippen molar-refractivity contribution < 1.29 is 17.9 Å². The van der Waals surface area contributed by atoms with Crippen molar-refractivity contribution in [3.63, 3.8) is 0 Å². The summed E-state index contributed by atoms with van der Waals surface area (Å²) in [5.41, 5.74) is 2.19. The normalized spacial score (nSPS) is 14.7. The number of thiocarbonyl (C=S) groups is 1. The van der Waals surface area contributed by atoms with E-state index in [1.54, 1.807) is 18.2 Å². The van der Waals surface area contributed by atoms with Crippen LogP contribution in [0.25, 0.3) is 0 Å². The first kappa shape index (κ1) is 24.4. The summed E-state index contributed by atoms with van der Waals surface area (Å²) in [7, 11) is -3.15. The van der Waals surface area contributed by atoms with Gasteiger partial charge in [-0.25, -0.2) is 8.42 Å². The first-order valence-corrected chi connectivity index (χ1v) is 13.1. The highest BCUT2D eigenvalue weighted by atomic mass is 79.9. The number of carbonyl (C=O) groups is 1. The lowest BCUT2D eigenvalue weighted by molar-refractivity contribution is 0.0977. The van der Waals surface area contributed by atoms with Crippen molar-refractivity contribution in [2.24, 2.45) is 0 Å². The molecule has 1 amide bonds. The van der Waals surface area contributed by atoms with Crippen molar-refractivity contribution in [3.8, 4) is 5.75 Å². The van der Waals surface area contributed by atoms with Gasteiger partial charge in [-0.1, -0.05) is 0 Å². The molecule has 2 aromatic carbocycles. The number of nitrogens with one attached hydrogen (secondary N) is 2. The van der Waals surface area contributed by atoms with Crippen molar-refractivity contribution in [2.75, 3.05) is 49.3 Å². The van der Waals surface area contributed by atoms with Gasteiger partial charge in [-0.05, 0) is 77.5 Å². The van der Waals surface area contributed by atoms with E-state index in [1.165, 1.54) is 10.6 Å². The van der Waals surface area contributed by atoms with Crippen LogP contribution < -0.4 is 20.3 Å². The van der Waals surface area contributed by atoms with Crippen molar-refractivity contribution in [1.82, 2.24) is 9.62 Å². The standard InChI is InChI=1S/C21H25BrN4O4S2/c1-3-30-19-9-4-15(14-18(19)22)20(27)24-21(31)23-16-5-7-17(8-6-16)25-10-12-26(13-11-25)32(2,28)29/h4-9,14H,3,10-13H2,1-2H3,(H2,23,24,27,31). The molecular formula is C21H25BrN4O4S2. The lowest BCUT2D eigenvalue weighted by atomic mass is 10.2. The summed E-state index contributed by atoms with van der Waals surface area (Å²) in [6.07, 6.45) is 1.24. The number of benzene rings is 2. The zero-order chi connectivity index (χ0) is 23.3. The van der Waals surface area contributed by atoms with Crippen molar-refractivity contribution in [3.05, 3.63) is 52.5 Å². The Labute approximate surface area is 202 Å². The maximum Gasteiger partial charge on any atom is 0.257 e. The van der Waals surface area contributed by atoms with Gasteiger partial charge in [0.2, 0.25) is 10.0 Å². The van der Waals surface area contributed by atoms with Gasteiger partial charge in [0.25, 0.3) is 5.91 Å². The quantitative estimate of drug-likeness (QED) is 0.544. The molecular weight excluding hydrogens is 516 g/mol. The summed E-state index contributed by atoms with van der Waals surface area (Å²) in [4.78, 5) is 14.6. The minimum atomic E-state index is -3.15. The number of piperazine rings is 1. The number of nitrogens with zero attached hydrogens (tertiary/aromatic N) is 2. The molecule has 0 aliphatic carbocycles. The van der Waals surface area contributed by atoms with E-state index in [0.717, 1.165) is 11.4 Å². The van der Waals surface area contributed by atoms with Crippen LogP contribution in [-0.4, -0.2) is 62.8 Å². The molecule has 11 heteroatoms. The fourth-order valence-corrected chi connectivity index (χ4v) is 4.82. The third-order valence-electron chi connectivity index (χ3n) is 4.92. The summed E-state index contributed by atoms with van der Waals surface area (Å²) in [5, 5.41) is 5.86. The minimum Gasteiger partial charge on any atom is -0.493 e. The van der Waals surface area contributed by atoms with Gasteiger partial charge >= 0.3 is 0 Å². The molecule has 2 N–H and O–H groups in total. The van der Waals surface area contributed by atoms with Gasteiger partial charge in [0, 0.05) is 43.1 Å². The van der Waals surface area contributed by atoms with E-state index in [9.17, 15) is 13.2 Å². The fourth-order valence-electron chi connectivity index (χ4n) is 3.29. The molecule has 3 rings (SSSR count). The maximum absolute atomic E-state index is 12.5. The number of rotatable bonds is 6. The molecule has 1 heterocycles. The van der Waals surface area contributed by atoms with E-state index in [0.29, 0.717) is 48.6 Å². The molecule has 0 saturated carbocycles. The highest BCUT2D eigenvalue weighted by Crippen LogP contribution is 2.26.